The fourth-order valence-corrected chi connectivity index (χ4v) is 4.87. The maximum atomic E-state index is 11.4. The number of benzene rings is 2. The molecule has 1 atom stereocenters. The molecular weight excluding hydrogens is 437 g/mol. The Kier molecular flexibility index (Phi) is 6.99. The Hall–Kier alpha value is -1.18. The number of nitrogens with one attached hydrogen (secondary N) is 1. The van der Waals surface area contributed by atoms with Crippen molar-refractivity contribution in [2.24, 2.45) is 0 Å². The molecular formula is C20H21Cl2NO3S2. The average Bonchev–Trinajstić information content (AvgIpc) is 3.04. The van der Waals surface area contributed by atoms with Gasteiger partial charge in [0.2, 0.25) is 0 Å². The summed E-state index contributed by atoms with van der Waals surface area (Å²) < 4.78 is 27.8. The minimum absolute atomic E-state index is 0.0691. The summed E-state index contributed by atoms with van der Waals surface area (Å²) in [5, 5.41) is 2.20. The molecule has 8 heteroatoms. The molecule has 1 unspecified atom stereocenters. The van der Waals surface area contributed by atoms with E-state index < -0.39 is 10.1 Å². The molecule has 0 spiro atoms. The van der Waals surface area contributed by atoms with Gasteiger partial charge in [-0.05, 0) is 41.5 Å². The van der Waals surface area contributed by atoms with Crippen LogP contribution in [0.1, 0.15) is 29.0 Å². The summed E-state index contributed by atoms with van der Waals surface area (Å²) in [5.41, 5.74) is 4.26. The maximum absolute atomic E-state index is 11.4. The monoisotopic (exact) mass is 457 g/mol. The number of para-hydroxylation sites is 1. The first-order valence-electron chi connectivity index (χ1n) is 8.67. The molecule has 2 aromatic carbocycles. The van der Waals surface area contributed by atoms with E-state index in [0.29, 0.717) is 16.5 Å². The van der Waals surface area contributed by atoms with Crippen LogP contribution in [-0.2, 0) is 20.1 Å². The molecule has 0 aliphatic heterocycles. The van der Waals surface area contributed by atoms with Gasteiger partial charge in [-0.1, -0.05) is 47.5 Å². The number of hydrogen-bond acceptors (Lipinski definition) is 4. The molecule has 150 valence electrons. The van der Waals surface area contributed by atoms with E-state index in [9.17, 15) is 8.42 Å². The van der Waals surface area contributed by atoms with Crippen LogP contribution in [0, 0.1) is 0 Å². The highest BCUT2D eigenvalue weighted by Gasteiger charge is 2.22. The standard InChI is InChI=1S/C20H21Cl2NO3S2/c1-27-12-13-4-3-5-17-18(11-23-20(13)17)15(8-9-26-28(2,24)25)16-7-6-14(21)10-19(16)22/h3-7,10-11,15,23H,8-9,12H2,1-2H3. The van der Waals surface area contributed by atoms with Gasteiger partial charge in [0.15, 0.2) is 0 Å². The molecule has 3 aromatic rings. The number of rotatable bonds is 8. The van der Waals surface area contributed by atoms with Crippen molar-refractivity contribution < 1.29 is 12.6 Å². The van der Waals surface area contributed by atoms with Crippen molar-refractivity contribution in [3.05, 3.63) is 69.3 Å². The predicted molar refractivity (Wildman–Crippen MR) is 119 cm³/mol. The highest BCUT2D eigenvalue weighted by atomic mass is 35.5. The average molecular weight is 458 g/mol. The van der Waals surface area contributed by atoms with Crippen LogP contribution in [0.25, 0.3) is 10.9 Å². The van der Waals surface area contributed by atoms with Crippen LogP contribution in [-0.4, -0.2) is 32.5 Å². The van der Waals surface area contributed by atoms with E-state index in [0.717, 1.165) is 34.0 Å². The second kappa shape index (κ2) is 9.09. The van der Waals surface area contributed by atoms with Crippen LogP contribution < -0.4 is 0 Å². The largest absolute Gasteiger partial charge is 0.361 e. The summed E-state index contributed by atoms with van der Waals surface area (Å²) >= 11 is 14.3. The first-order valence-corrected chi connectivity index (χ1v) is 12.6. The lowest BCUT2D eigenvalue weighted by Crippen LogP contribution is -2.10. The van der Waals surface area contributed by atoms with Crippen LogP contribution >= 0.6 is 35.0 Å². The molecule has 0 aliphatic rings. The second-order valence-corrected chi connectivity index (χ2v) is 9.90. The molecule has 1 aromatic heterocycles. The third-order valence-electron chi connectivity index (χ3n) is 4.55. The van der Waals surface area contributed by atoms with Gasteiger partial charge in [0, 0.05) is 38.8 Å². The van der Waals surface area contributed by atoms with Gasteiger partial charge in [-0.25, -0.2) is 0 Å². The van der Waals surface area contributed by atoms with E-state index in [4.69, 9.17) is 27.4 Å². The number of thioether (sulfide) groups is 1. The molecule has 4 nitrogen and oxygen atoms in total. The fraction of sp³-hybridized carbons (Fsp3) is 0.300. The van der Waals surface area contributed by atoms with Gasteiger partial charge in [0.1, 0.15) is 0 Å². The Bertz CT molecular complexity index is 1080. The van der Waals surface area contributed by atoms with E-state index in [-0.39, 0.29) is 12.5 Å². The first kappa shape index (κ1) is 21.5. The highest BCUT2D eigenvalue weighted by molar-refractivity contribution is 7.97. The predicted octanol–water partition coefficient (Wildman–Crippen LogP) is 5.84. The summed E-state index contributed by atoms with van der Waals surface area (Å²) in [5.74, 6) is 0.769. The normalized spacial score (nSPS) is 13.1. The van der Waals surface area contributed by atoms with Crippen molar-refractivity contribution in [3.63, 3.8) is 0 Å². The van der Waals surface area contributed by atoms with Crippen molar-refractivity contribution in [2.45, 2.75) is 18.1 Å². The Morgan fingerprint density at radius 1 is 1.18 bits per heavy atom. The minimum Gasteiger partial charge on any atom is -0.361 e. The van der Waals surface area contributed by atoms with Crippen molar-refractivity contribution in [1.29, 1.82) is 0 Å². The lowest BCUT2D eigenvalue weighted by atomic mass is 9.88. The van der Waals surface area contributed by atoms with Gasteiger partial charge < -0.3 is 4.98 Å². The second-order valence-electron chi connectivity index (χ2n) is 6.55. The van der Waals surface area contributed by atoms with E-state index in [1.165, 1.54) is 5.56 Å². The smallest absolute Gasteiger partial charge is 0.264 e. The zero-order valence-electron chi connectivity index (χ0n) is 15.5. The van der Waals surface area contributed by atoms with Crippen LogP contribution in [0.4, 0.5) is 0 Å². The highest BCUT2D eigenvalue weighted by Crippen LogP contribution is 2.38. The van der Waals surface area contributed by atoms with Crippen LogP contribution in [0.5, 0.6) is 0 Å². The molecule has 0 bridgehead atoms. The third kappa shape index (κ3) is 5.05. The molecule has 0 radical (unpaired) electrons. The van der Waals surface area contributed by atoms with Crippen LogP contribution in [0.3, 0.4) is 0 Å². The molecule has 3 rings (SSSR count). The number of fused-ring (bicyclic) bond motifs is 1. The number of hydrogen-bond donors (Lipinski definition) is 1. The summed E-state index contributed by atoms with van der Waals surface area (Å²) in [7, 11) is -3.51. The third-order valence-corrected chi connectivity index (χ3v) is 6.31. The maximum Gasteiger partial charge on any atom is 0.264 e. The summed E-state index contributed by atoms with van der Waals surface area (Å²) in [6, 6.07) is 11.6. The van der Waals surface area contributed by atoms with E-state index >= 15 is 0 Å². The molecule has 1 N–H and O–H groups in total. The minimum atomic E-state index is -3.51. The van der Waals surface area contributed by atoms with Gasteiger partial charge in [-0.3, -0.25) is 4.18 Å². The lowest BCUT2D eigenvalue weighted by molar-refractivity contribution is 0.309. The first-order chi connectivity index (χ1) is 13.3. The van der Waals surface area contributed by atoms with Crippen molar-refractivity contribution in [1.82, 2.24) is 4.98 Å². The lowest BCUT2D eigenvalue weighted by Gasteiger charge is -2.19. The van der Waals surface area contributed by atoms with Crippen molar-refractivity contribution >= 4 is 56.0 Å². The number of halogens is 2. The molecule has 0 saturated carbocycles. The molecule has 0 saturated heterocycles. The molecule has 0 amide bonds. The van der Waals surface area contributed by atoms with Crippen LogP contribution in [0.2, 0.25) is 10.0 Å². The van der Waals surface area contributed by atoms with E-state index in [1.54, 1.807) is 23.9 Å². The number of aromatic amines is 1. The fourth-order valence-electron chi connectivity index (χ4n) is 3.38. The zero-order valence-corrected chi connectivity index (χ0v) is 18.7. The van der Waals surface area contributed by atoms with Crippen molar-refractivity contribution in [2.75, 3.05) is 19.1 Å². The van der Waals surface area contributed by atoms with Gasteiger partial charge in [0.25, 0.3) is 10.1 Å². The summed E-state index contributed by atoms with van der Waals surface area (Å²) in [6.45, 7) is 0.0691. The molecule has 28 heavy (non-hydrogen) atoms. The number of H-pyrrole nitrogens is 1. The number of aromatic nitrogens is 1. The summed E-state index contributed by atoms with van der Waals surface area (Å²) in [6.07, 6.45) is 5.57. The van der Waals surface area contributed by atoms with Crippen LogP contribution in [0.15, 0.2) is 42.6 Å². The SMILES string of the molecule is CSCc1cccc2c(C(CCOS(C)(=O)=O)c3ccc(Cl)cc3Cl)c[nH]c12. The molecule has 0 fully saturated rings. The zero-order chi connectivity index (χ0) is 20.3. The molecule has 1 heterocycles. The summed E-state index contributed by atoms with van der Waals surface area (Å²) in [4.78, 5) is 3.39. The van der Waals surface area contributed by atoms with Gasteiger partial charge in [-0.2, -0.15) is 20.2 Å². The topological polar surface area (TPSA) is 59.2 Å². The van der Waals surface area contributed by atoms with Gasteiger partial charge in [0.05, 0.1) is 12.9 Å². The van der Waals surface area contributed by atoms with E-state index in [1.807, 2.05) is 18.3 Å². The Morgan fingerprint density at radius 3 is 2.64 bits per heavy atom. The Labute approximate surface area is 179 Å². The quantitative estimate of drug-likeness (QED) is 0.431. The Balaban J connectivity index is 2.06. The van der Waals surface area contributed by atoms with Crippen molar-refractivity contribution in [3.8, 4) is 0 Å². The Morgan fingerprint density at radius 2 is 1.96 bits per heavy atom. The van der Waals surface area contributed by atoms with E-state index in [2.05, 4.69) is 23.4 Å². The van der Waals surface area contributed by atoms with Gasteiger partial charge in [-0.15, -0.1) is 0 Å². The van der Waals surface area contributed by atoms with Gasteiger partial charge >= 0.3 is 0 Å². The molecule has 0 aliphatic carbocycles.